The molecule has 1 heterocycles. The van der Waals surface area contributed by atoms with Crippen molar-refractivity contribution in [1.29, 1.82) is 0 Å². The largest absolute Gasteiger partial charge is 0.477 e. The lowest BCUT2D eigenvalue weighted by Gasteiger charge is -2.06. The zero-order chi connectivity index (χ0) is 14.8. The van der Waals surface area contributed by atoms with E-state index in [-0.39, 0.29) is 10.6 Å². The van der Waals surface area contributed by atoms with Crippen LogP contribution >= 0.6 is 0 Å². The fraction of sp³-hybridized carbons (Fsp3) is 0.154. The summed E-state index contributed by atoms with van der Waals surface area (Å²) in [6.45, 7) is 2.01. The predicted octanol–water partition coefficient (Wildman–Crippen LogP) is 2.08. The molecule has 0 bridgehead atoms. The highest BCUT2D eigenvalue weighted by Crippen LogP contribution is 2.17. The van der Waals surface area contributed by atoms with Crippen LogP contribution in [-0.2, 0) is 16.4 Å². The van der Waals surface area contributed by atoms with Gasteiger partial charge in [0.2, 0.25) is 0 Å². The lowest BCUT2D eigenvalue weighted by molar-refractivity contribution is 0.0691. The van der Waals surface area contributed by atoms with Gasteiger partial charge in [0.1, 0.15) is 10.6 Å². The van der Waals surface area contributed by atoms with E-state index in [1.807, 2.05) is 19.1 Å². The van der Waals surface area contributed by atoms with Crippen LogP contribution in [0.25, 0.3) is 0 Å². The Morgan fingerprint density at radius 3 is 2.45 bits per heavy atom. The minimum absolute atomic E-state index is 0.116. The standard InChI is InChI=1S/C13H14N2O4S/c1-2-9-3-5-10(6-4-9)15-20(18,19)11-7-12(13(16)17)14-8-11/h3-8,14-15H,2H2,1H3,(H,16,17). The van der Waals surface area contributed by atoms with E-state index < -0.39 is 16.0 Å². The monoisotopic (exact) mass is 294 g/mol. The molecule has 3 N–H and O–H groups in total. The van der Waals surface area contributed by atoms with Gasteiger partial charge >= 0.3 is 5.97 Å². The second kappa shape index (κ2) is 5.38. The van der Waals surface area contributed by atoms with Gasteiger partial charge in [0, 0.05) is 11.9 Å². The molecular formula is C13H14N2O4S. The molecule has 2 aromatic rings. The third kappa shape index (κ3) is 3.00. The Bertz CT molecular complexity index is 717. The van der Waals surface area contributed by atoms with Crippen molar-refractivity contribution in [3.63, 3.8) is 0 Å². The van der Waals surface area contributed by atoms with E-state index in [9.17, 15) is 13.2 Å². The van der Waals surface area contributed by atoms with Crippen molar-refractivity contribution >= 4 is 21.7 Å². The summed E-state index contributed by atoms with van der Waals surface area (Å²) in [6, 6.07) is 8.07. The third-order valence-electron chi connectivity index (χ3n) is 2.81. The lowest BCUT2D eigenvalue weighted by Crippen LogP contribution is -2.12. The van der Waals surface area contributed by atoms with Crippen LogP contribution in [0.4, 0.5) is 5.69 Å². The quantitative estimate of drug-likeness (QED) is 0.786. The van der Waals surface area contributed by atoms with Crippen LogP contribution in [0, 0.1) is 0 Å². The number of aromatic amines is 1. The van der Waals surface area contributed by atoms with Gasteiger partial charge in [-0.1, -0.05) is 19.1 Å². The van der Waals surface area contributed by atoms with Crippen molar-refractivity contribution in [3.05, 3.63) is 47.8 Å². The van der Waals surface area contributed by atoms with Gasteiger partial charge in [-0.2, -0.15) is 0 Å². The van der Waals surface area contributed by atoms with E-state index in [0.29, 0.717) is 5.69 Å². The number of aromatic carboxylic acids is 1. The van der Waals surface area contributed by atoms with Crippen molar-refractivity contribution in [2.45, 2.75) is 18.2 Å². The van der Waals surface area contributed by atoms with Crippen molar-refractivity contribution in [3.8, 4) is 0 Å². The number of anilines is 1. The highest BCUT2D eigenvalue weighted by atomic mass is 32.2. The van der Waals surface area contributed by atoms with Crippen LogP contribution in [0.15, 0.2) is 41.4 Å². The molecule has 6 nitrogen and oxygen atoms in total. The molecule has 0 saturated carbocycles. The van der Waals surface area contributed by atoms with E-state index in [1.165, 1.54) is 0 Å². The second-order valence-corrected chi connectivity index (χ2v) is 5.89. The van der Waals surface area contributed by atoms with E-state index in [2.05, 4.69) is 9.71 Å². The second-order valence-electron chi connectivity index (χ2n) is 4.21. The fourth-order valence-corrected chi connectivity index (χ4v) is 2.73. The van der Waals surface area contributed by atoms with E-state index >= 15 is 0 Å². The van der Waals surface area contributed by atoms with Crippen molar-refractivity contribution in [2.75, 3.05) is 4.72 Å². The highest BCUT2D eigenvalue weighted by Gasteiger charge is 2.18. The molecule has 7 heteroatoms. The minimum atomic E-state index is -3.79. The maximum absolute atomic E-state index is 12.1. The van der Waals surface area contributed by atoms with Gasteiger partial charge in [-0.25, -0.2) is 13.2 Å². The van der Waals surface area contributed by atoms with Crippen LogP contribution in [-0.4, -0.2) is 24.5 Å². The molecule has 20 heavy (non-hydrogen) atoms. The number of hydrogen-bond donors (Lipinski definition) is 3. The van der Waals surface area contributed by atoms with Crippen molar-refractivity contribution < 1.29 is 18.3 Å². The predicted molar refractivity (Wildman–Crippen MR) is 74.4 cm³/mol. The van der Waals surface area contributed by atoms with Crippen molar-refractivity contribution in [1.82, 2.24) is 4.98 Å². The highest BCUT2D eigenvalue weighted by molar-refractivity contribution is 7.92. The summed E-state index contributed by atoms with van der Waals surface area (Å²) in [5, 5.41) is 8.76. The molecule has 0 saturated heterocycles. The van der Waals surface area contributed by atoms with E-state index in [1.54, 1.807) is 12.1 Å². The van der Waals surface area contributed by atoms with Crippen LogP contribution in [0.2, 0.25) is 0 Å². The number of benzene rings is 1. The fourth-order valence-electron chi connectivity index (χ4n) is 1.68. The molecule has 0 radical (unpaired) electrons. The number of carboxylic acid groups (broad SMARTS) is 1. The zero-order valence-electron chi connectivity index (χ0n) is 10.8. The average molecular weight is 294 g/mol. The Hall–Kier alpha value is -2.28. The van der Waals surface area contributed by atoms with Crippen LogP contribution < -0.4 is 4.72 Å². The van der Waals surface area contributed by atoms with Gasteiger partial charge in [0.05, 0.1) is 0 Å². The molecule has 0 aliphatic rings. The Balaban J connectivity index is 2.23. The number of carbonyl (C=O) groups is 1. The Kier molecular flexibility index (Phi) is 3.80. The molecule has 0 unspecified atom stereocenters. The van der Waals surface area contributed by atoms with Gasteiger partial charge in [-0.15, -0.1) is 0 Å². The zero-order valence-corrected chi connectivity index (χ0v) is 11.6. The van der Waals surface area contributed by atoms with Crippen LogP contribution in [0.1, 0.15) is 23.0 Å². The molecule has 106 valence electrons. The molecule has 0 atom stereocenters. The molecule has 0 aliphatic carbocycles. The topological polar surface area (TPSA) is 99.3 Å². The van der Waals surface area contributed by atoms with Gasteiger partial charge < -0.3 is 10.1 Å². The Morgan fingerprint density at radius 2 is 1.95 bits per heavy atom. The summed E-state index contributed by atoms with van der Waals surface area (Å²) < 4.78 is 26.5. The SMILES string of the molecule is CCc1ccc(NS(=O)(=O)c2c[nH]c(C(=O)O)c2)cc1. The van der Waals surface area contributed by atoms with Gasteiger partial charge in [0.25, 0.3) is 10.0 Å². The molecule has 0 amide bonds. The molecule has 0 aliphatic heterocycles. The number of rotatable bonds is 5. The molecule has 2 rings (SSSR count). The first-order chi connectivity index (χ1) is 9.42. The summed E-state index contributed by atoms with van der Waals surface area (Å²) in [5.41, 5.74) is 1.36. The first-order valence-electron chi connectivity index (χ1n) is 5.96. The number of carboxylic acids is 1. The summed E-state index contributed by atoms with van der Waals surface area (Å²) in [6.07, 6.45) is 2.01. The maximum atomic E-state index is 12.1. The molecule has 0 spiro atoms. The normalized spacial score (nSPS) is 11.2. The number of aryl methyl sites for hydroxylation is 1. The van der Waals surface area contributed by atoms with Crippen LogP contribution in [0.5, 0.6) is 0 Å². The number of aromatic nitrogens is 1. The molecule has 0 fully saturated rings. The summed E-state index contributed by atoms with van der Waals surface area (Å²) in [5.74, 6) is -1.21. The molecular weight excluding hydrogens is 280 g/mol. The summed E-state index contributed by atoms with van der Waals surface area (Å²) in [4.78, 5) is 13.0. The number of sulfonamides is 1. The first-order valence-corrected chi connectivity index (χ1v) is 7.44. The van der Waals surface area contributed by atoms with Gasteiger partial charge in [-0.3, -0.25) is 4.72 Å². The van der Waals surface area contributed by atoms with E-state index in [0.717, 1.165) is 24.2 Å². The van der Waals surface area contributed by atoms with E-state index in [4.69, 9.17) is 5.11 Å². The van der Waals surface area contributed by atoms with Gasteiger partial charge in [0.15, 0.2) is 0 Å². The maximum Gasteiger partial charge on any atom is 0.352 e. The van der Waals surface area contributed by atoms with Crippen LogP contribution in [0.3, 0.4) is 0 Å². The Labute approximate surface area is 116 Å². The van der Waals surface area contributed by atoms with Crippen molar-refractivity contribution in [2.24, 2.45) is 0 Å². The summed E-state index contributed by atoms with van der Waals surface area (Å²) in [7, 11) is -3.79. The van der Waals surface area contributed by atoms with Gasteiger partial charge in [-0.05, 0) is 30.2 Å². The smallest absolute Gasteiger partial charge is 0.352 e. The lowest BCUT2D eigenvalue weighted by atomic mass is 10.2. The third-order valence-corrected chi connectivity index (χ3v) is 4.17. The average Bonchev–Trinajstić information content (AvgIpc) is 2.90. The number of H-pyrrole nitrogens is 1. The minimum Gasteiger partial charge on any atom is -0.477 e. The molecule has 1 aromatic carbocycles. The number of nitrogens with one attached hydrogen (secondary N) is 2. The number of hydrogen-bond acceptors (Lipinski definition) is 3. The first kappa shape index (κ1) is 14.1. The summed E-state index contributed by atoms with van der Waals surface area (Å²) >= 11 is 0. The molecule has 1 aromatic heterocycles. The Morgan fingerprint density at radius 1 is 1.30 bits per heavy atom.